The number of rotatable bonds is 2. The fourth-order valence-electron chi connectivity index (χ4n) is 1.28. The van der Waals surface area contributed by atoms with Crippen LogP contribution in [0.1, 0.15) is 6.92 Å². The molecule has 3 atom stereocenters. The first-order chi connectivity index (χ1) is 5.04. The van der Waals surface area contributed by atoms with Gasteiger partial charge in [0.2, 0.25) is 0 Å². The van der Waals surface area contributed by atoms with E-state index in [0.29, 0.717) is 0 Å². The van der Waals surface area contributed by atoms with Crippen molar-refractivity contribution >= 4 is 29.2 Å². The zero-order valence-corrected chi connectivity index (χ0v) is 7.43. The third kappa shape index (κ3) is 1.88. The van der Waals surface area contributed by atoms with E-state index in [9.17, 15) is 4.79 Å². The highest BCUT2D eigenvalue weighted by Crippen LogP contribution is 2.48. The zero-order valence-electron chi connectivity index (χ0n) is 5.92. The molecule has 1 fully saturated rings. The Balaban J connectivity index is 2.55. The van der Waals surface area contributed by atoms with Crippen LogP contribution in [0.15, 0.2) is 10.6 Å². The first kappa shape index (κ1) is 8.88. The number of halogens is 2. The van der Waals surface area contributed by atoms with E-state index in [0.717, 1.165) is 0 Å². The largest absolute Gasteiger partial charge is 0.481 e. The van der Waals surface area contributed by atoms with E-state index in [-0.39, 0.29) is 22.2 Å². The van der Waals surface area contributed by atoms with E-state index < -0.39 is 5.97 Å². The van der Waals surface area contributed by atoms with Gasteiger partial charge in [0.1, 0.15) is 4.49 Å². The number of aliphatic carboxylic acids is 1. The highest BCUT2D eigenvalue weighted by molar-refractivity contribution is 6.55. The number of carboxylic acid groups (broad SMARTS) is 1. The van der Waals surface area contributed by atoms with Gasteiger partial charge in [-0.1, -0.05) is 30.1 Å². The molecule has 3 unspecified atom stereocenters. The van der Waals surface area contributed by atoms with Crippen molar-refractivity contribution < 1.29 is 9.90 Å². The molecular formula is C7H8Cl2O2. The van der Waals surface area contributed by atoms with Gasteiger partial charge in [0.25, 0.3) is 0 Å². The minimum atomic E-state index is -0.770. The van der Waals surface area contributed by atoms with Crippen molar-refractivity contribution in [2.75, 3.05) is 0 Å². The Morgan fingerprint density at radius 1 is 1.55 bits per heavy atom. The maximum Gasteiger partial charge on any atom is 0.307 e. The second-order valence-electron chi connectivity index (χ2n) is 2.76. The third-order valence-electron chi connectivity index (χ3n) is 2.05. The Hall–Kier alpha value is -0.210. The van der Waals surface area contributed by atoms with Crippen LogP contribution in [-0.2, 0) is 4.79 Å². The molecule has 1 aliphatic carbocycles. The fraction of sp³-hybridized carbons (Fsp3) is 0.571. The Morgan fingerprint density at radius 3 is 2.36 bits per heavy atom. The van der Waals surface area contributed by atoms with Crippen LogP contribution >= 0.6 is 23.2 Å². The molecule has 62 valence electrons. The molecular weight excluding hydrogens is 187 g/mol. The van der Waals surface area contributed by atoms with Crippen molar-refractivity contribution in [1.29, 1.82) is 0 Å². The molecule has 11 heavy (non-hydrogen) atoms. The summed E-state index contributed by atoms with van der Waals surface area (Å²) in [4.78, 5) is 10.4. The Bertz CT molecular complexity index is 208. The minimum Gasteiger partial charge on any atom is -0.481 e. The monoisotopic (exact) mass is 194 g/mol. The zero-order chi connectivity index (χ0) is 8.59. The molecule has 0 heterocycles. The maximum atomic E-state index is 10.4. The summed E-state index contributed by atoms with van der Waals surface area (Å²) in [6.45, 7) is 1.87. The van der Waals surface area contributed by atoms with Gasteiger partial charge in [0.05, 0.1) is 5.92 Å². The summed E-state index contributed by atoms with van der Waals surface area (Å²) >= 11 is 10.8. The minimum absolute atomic E-state index is 0.0255. The van der Waals surface area contributed by atoms with Gasteiger partial charge < -0.3 is 5.11 Å². The Kier molecular flexibility index (Phi) is 2.45. The van der Waals surface area contributed by atoms with E-state index in [4.69, 9.17) is 28.3 Å². The van der Waals surface area contributed by atoms with Gasteiger partial charge in [-0.2, -0.15) is 0 Å². The summed E-state index contributed by atoms with van der Waals surface area (Å²) < 4.78 is 0.158. The van der Waals surface area contributed by atoms with Crippen LogP contribution in [0.4, 0.5) is 0 Å². The van der Waals surface area contributed by atoms with E-state index in [1.807, 2.05) is 6.92 Å². The molecule has 0 spiro atoms. The standard InChI is InChI=1S/C7H8Cl2O2/c1-3-4(2-5(8)9)6(3)7(10)11/h2-4,6H,1H3,(H,10,11). The van der Waals surface area contributed by atoms with E-state index in [2.05, 4.69) is 0 Å². The molecule has 1 saturated carbocycles. The van der Waals surface area contributed by atoms with E-state index >= 15 is 0 Å². The molecule has 0 aromatic heterocycles. The van der Waals surface area contributed by atoms with Crippen molar-refractivity contribution in [1.82, 2.24) is 0 Å². The average molecular weight is 195 g/mol. The molecule has 2 nitrogen and oxygen atoms in total. The van der Waals surface area contributed by atoms with Gasteiger partial charge >= 0.3 is 5.97 Å². The lowest BCUT2D eigenvalue weighted by molar-refractivity contribution is -0.139. The van der Waals surface area contributed by atoms with Crippen LogP contribution in [0.25, 0.3) is 0 Å². The van der Waals surface area contributed by atoms with E-state index in [1.165, 1.54) is 0 Å². The first-order valence-corrected chi connectivity index (χ1v) is 4.05. The lowest BCUT2D eigenvalue weighted by Gasteiger charge is -1.84. The second-order valence-corrected chi connectivity index (χ2v) is 3.76. The summed E-state index contributed by atoms with van der Waals surface area (Å²) in [7, 11) is 0. The van der Waals surface area contributed by atoms with Crippen molar-refractivity contribution in [3.63, 3.8) is 0 Å². The lowest BCUT2D eigenvalue weighted by Crippen LogP contribution is -1.99. The number of hydrogen-bond acceptors (Lipinski definition) is 1. The lowest BCUT2D eigenvalue weighted by atomic mass is 10.3. The topological polar surface area (TPSA) is 37.3 Å². The van der Waals surface area contributed by atoms with Gasteiger partial charge in [-0.25, -0.2) is 0 Å². The van der Waals surface area contributed by atoms with Crippen molar-refractivity contribution in [2.24, 2.45) is 17.8 Å². The van der Waals surface area contributed by atoms with Gasteiger partial charge in [0, 0.05) is 0 Å². The number of carbonyl (C=O) groups is 1. The number of allylic oxidation sites excluding steroid dienone is 1. The summed E-state index contributed by atoms with van der Waals surface area (Å²) in [5, 5.41) is 8.59. The summed E-state index contributed by atoms with van der Waals surface area (Å²) in [6.07, 6.45) is 1.59. The van der Waals surface area contributed by atoms with Crippen LogP contribution < -0.4 is 0 Å². The van der Waals surface area contributed by atoms with Crippen LogP contribution in [0.3, 0.4) is 0 Å². The van der Waals surface area contributed by atoms with Crippen molar-refractivity contribution in [3.05, 3.63) is 10.6 Å². The molecule has 0 aliphatic heterocycles. The van der Waals surface area contributed by atoms with Crippen molar-refractivity contribution in [2.45, 2.75) is 6.92 Å². The Morgan fingerprint density at radius 2 is 2.09 bits per heavy atom. The van der Waals surface area contributed by atoms with Crippen LogP contribution in [-0.4, -0.2) is 11.1 Å². The first-order valence-electron chi connectivity index (χ1n) is 3.29. The summed E-state index contributed by atoms with van der Waals surface area (Å²) in [5.41, 5.74) is 0. The molecule has 0 aromatic carbocycles. The SMILES string of the molecule is CC1C(C=C(Cl)Cl)C1C(=O)O. The Labute approximate surface area is 74.8 Å². The predicted molar refractivity (Wildman–Crippen MR) is 43.6 cm³/mol. The van der Waals surface area contributed by atoms with Crippen LogP contribution in [0.2, 0.25) is 0 Å². The normalized spacial score (nSPS) is 34.6. The molecule has 1 rings (SSSR count). The average Bonchev–Trinajstić information content (AvgIpc) is 2.40. The van der Waals surface area contributed by atoms with Gasteiger partial charge in [-0.05, 0) is 17.9 Å². The molecule has 1 aliphatic rings. The molecule has 0 saturated heterocycles. The smallest absolute Gasteiger partial charge is 0.307 e. The number of hydrogen-bond donors (Lipinski definition) is 1. The molecule has 0 bridgehead atoms. The molecule has 4 heteroatoms. The number of carboxylic acids is 1. The summed E-state index contributed by atoms with van der Waals surface area (Å²) in [6, 6.07) is 0. The van der Waals surface area contributed by atoms with Crippen LogP contribution in [0, 0.1) is 17.8 Å². The third-order valence-corrected chi connectivity index (χ3v) is 2.30. The predicted octanol–water partition coefficient (Wildman–Crippen LogP) is 2.27. The fourth-order valence-corrected chi connectivity index (χ4v) is 1.58. The highest BCUT2D eigenvalue weighted by Gasteiger charge is 2.50. The van der Waals surface area contributed by atoms with Crippen LogP contribution in [0.5, 0.6) is 0 Å². The quantitative estimate of drug-likeness (QED) is 0.733. The maximum absolute atomic E-state index is 10.4. The molecule has 1 N–H and O–H groups in total. The van der Waals surface area contributed by atoms with Crippen molar-refractivity contribution in [3.8, 4) is 0 Å². The highest BCUT2D eigenvalue weighted by atomic mass is 35.5. The van der Waals surface area contributed by atoms with Gasteiger partial charge in [0.15, 0.2) is 0 Å². The second kappa shape index (κ2) is 3.03. The molecule has 0 radical (unpaired) electrons. The van der Waals surface area contributed by atoms with Gasteiger partial charge in [-0.3, -0.25) is 4.79 Å². The molecule has 0 aromatic rings. The summed E-state index contributed by atoms with van der Waals surface area (Å²) in [5.74, 6) is -0.867. The molecule has 0 amide bonds. The van der Waals surface area contributed by atoms with E-state index in [1.54, 1.807) is 6.08 Å². The van der Waals surface area contributed by atoms with Gasteiger partial charge in [-0.15, -0.1) is 0 Å².